The Balaban J connectivity index is 4.33. The van der Waals surface area contributed by atoms with Crippen LogP contribution in [0.15, 0.2) is 97.2 Å². The highest BCUT2D eigenvalue weighted by atomic mass is 16.6. The molecule has 0 amide bonds. The zero-order valence-electron chi connectivity index (χ0n) is 47.2. The molecule has 0 aromatic carbocycles. The number of ether oxygens (including phenoxy) is 3. The molecule has 1 atom stereocenters. The van der Waals surface area contributed by atoms with E-state index in [9.17, 15) is 14.4 Å². The molecular weight excluding hydrogens is 889 g/mol. The molecule has 0 aromatic heterocycles. The van der Waals surface area contributed by atoms with E-state index in [-0.39, 0.29) is 37.5 Å². The van der Waals surface area contributed by atoms with Gasteiger partial charge < -0.3 is 14.2 Å². The Morgan fingerprint density at radius 3 is 0.931 bits per heavy atom. The molecule has 0 saturated carbocycles. The fourth-order valence-corrected chi connectivity index (χ4v) is 8.39. The van der Waals surface area contributed by atoms with Gasteiger partial charge >= 0.3 is 17.9 Å². The fourth-order valence-electron chi connectivity index (χ4n) is 8.39. The van der Waals surface area contributed by atoms with Gasteiger partial charge in [-0.2, -0.15) is 0 Å². The SMILES string of the molecule is CC/C=C\C/C=C\C/C=C\C/C=C\CCCCCCCCCCCCCCC(=O)OCC(COC(=O)CC/C=C\C/C=C\C/C=C\C/C=C\CC)OC(=O)CCCCCCCCCCCCCCCCCC. The molecule has 1 unspecified atom stereocenters. The van der Waals surface area contributed by atoms with Crippen LogP contribution in [-0.2, 0) is 28.6 Å². The smallest absolute Gasteiger partial charge is 0.306 e. The lowest BCUT2D eigenvalue weighted by Crippen LogP contribution is -2.30. The van der Waals surface area contributed by atoms with E-state index in [1.165, 1.54) is 148 Å². The maximum atomic E-state index is 12.9. The molecule has 6 heteroatoms. The summed E-state index contributed by atoms with van der Waals surface area (Å²) in [6.07, 6.45) is 80.0. The first-order valence-electron chi connectivity index (χ1n) is 30.2. The van der Waals surface area contributed by atoms with Crippen molar-refractivity contribution in [3.63, 3.8) is 0 Å². The number of rotatable bonds is 54. The molecule has 0 rings (SSSR count). The summed E-state index contributed by atoms with van der Waals surface area (Å²) in [7, 11) is 0. The van der Waals surface area contributed by atoms with Gasteiger partial charge in [-0.3, -0.25) is 14.4 Å². The first-order chi connectivity index (χ1) is 35.5. The van der Waals surface area contributed by atoms with Crippen molar-refractivity contribution in [1.82, 2.24) is 0 Å². The van der Waals surface area contributed by atoms with Crippen LogP contribution in [0.5, 0.6) is 0 Å². The largest absolute Gasteiger partial charge is 0.462 e. The molecule has 412 valence electrons. The van der Waals surface area contributed by atoms with Gasteiger partial charge in [-0.05, 0) is 83.5 Å². The highest BCUT2D eigenvalue weighted by molar-refractivity contribution is 5.71. The second kappa shape index (κ2) is 59.9. The summed E-state index contributed by atoms with van der Waals surface area (Å²) in [6, 6.07) is 0. The summed E-state index contributed by atoms with van der Waals surface area (Å²) in [4.78, 5) is 38.2. The average molecular weight is 1000 g/mol. The predicted octanol–water partition coefficient (Wildman–Crippen LogP) is 20.5. The van der Waals surface area contributed by atoms with Crippen molar-refractivity contribution in [2.24, 2.45) is 0 Å². The summed E-state index contributed by atoms with van der Waals surface area (Å²) in [5, 5.41) is 0. The van der Waals surface area contributed by atoms with Gasteiger partial charge in [-0.1, -0.05) is 279 Å². The third kappa shape index (κ3) is 57.2. The van der Waals surface area contributed by atoms with Gasteiger partial charge in [0.2, 0.25) is 0 Å². The molecule has 0 saturated heterocycles. The van der Waals surface area contributed by atoms with Gasteiger partial charge in [-0.25, -0.2) is 0 Å². The molecule has 0 aliphatic carbocycles. The van der Waals surface area contributed by atoms with Crippen LogP contribution < -0.4 is 0 Å². The van der Waals surface area contributed by atoms with Crippen molar-refractivity contribution < 1.29 is 28.6 Å². The van der Waals surface area contributed by atoms with Crippen LogP contribution in [0.2, 0.25) is 0 Å². The first kappa shape index (κ1) is 68.3. The summed E-state index contributed by atoms with van der Waals surface area (Å²) in [5.41, 5.74) is 0. The molecule has 0 aliphatic heterocycles. The van der Waals surface area contributed by atoms with Gasteiger partial charge in [0.25, 0.3) is 0 Å². The summed E-state index contributed by atoms with van der Waals surface area (Å²) < 4.78 is 16.8. The van der Waals surface area contributed by atoms with Crippen LogP contribution >= 0.6 is 0 Å². The van der Waals surface area contributed by atoms with E-state index in [1.54, 1.807) is 0 Å². The van der Waals surface area contributed by atoms with E-state index < -0.39 is 6.10 Å². The lowest BCUT2D eigenvalue weighted by molar-refractivity contribution is -0.166. The number of hydrogen-bond donors (Lipinski definition) is 0. The lowest BCUT2D eigenvalue weighted by Gasteiger charge is -2.18. The van der Waals surface area contributed by atoms with E-state index in [4.69, 9.17) is 14.2 Å². The monoisotopic (exact) mass is 1000 g/mol. The van der Waals surface area contributed by atoms with Crippen molar-refractivity contribution in [2.75, 3.05) is 13.2 Å². The van der Waals surface area contributed by atoms with Crippen molar-refractivity contribution >= 4 is 17.9 Å². The van der Waals surface area contributed by atoms with Gasteiger partial charge in [0, 0.05) is 19.3 Å². The van der Waals surface area contributed by atoms with Gasteiger partial charge in [0.05, 0.1) is 0 Å². The number of carbonyl (C=O) groups excluding carboxylic acids is 3. The maximum Gasteiger partial charge on any atom is 0.306 e. The molecule has 0 bridgehead atoms. The minimum absolute atomic E-state index is 0.0982. The van der Waals surface area contributed by atoms with Crippen LogP contribution in [-0.4, -0.2) is 37.2 Å². The third-order valence-corrected chi connectivity index (χ3v) is 12.8. The minimum atomic E-state index is -0.806. The number of unbranched alkanes of at least 4 members (excludes halogenated alkanes) is 27. The normalized spacial score (nSPS) is 12.8. The number of allylic oxidation sites excluding steroid dienone is 16. The molecule has 0 fully saturated rings. The maximum absolute atomic E-state index is 12.9. The number of hydrogen-bond acceptors (Lipinski definition) is 6. The Labute approximate surface area is 445 Å². The molecular formula is C66H112O6. The second-order valence-corrected chi connectivity index (χ2v) is 19.9. The molecule has 0 radical (unpaired) electrons. The molecule has 0 aliphatic rings. The van der Waals surface area contributed by atoms with Gasteiger partial charge in [0.1, 0.15) is 13.2 Å². The number of carbonyl (C=O) groups is 3. The van der Waals surface area contributed by atoms with E-state index in [1.807, 2.05) is 6.08 Å². The van der Waals surface area contributed by atoms with Gasteiger partial charge in [0.15, 0.2) is 6.10 Å². The quantitative estimate of drug-likeness (QED) is 0.0261. The highest BCUT2D eigenvalue weighted by Gasteiger charge is 2.19. The lowest BCUT2D eigenvalue weighted by atomic mass is 10.0. The summed E-state index contributed by atoms with van der Waals surface area (Å²) in [6.45, 7) is 6.37. The van der Waals surface area contributed by atoms with Crippen LogP contribution in [0.25, 0.3) is 0 Å². The van der Waals surface area contributed by atoms with E-state index >= 15 is 0 Å². The van der Waals surface area contributed by atoms with Crippen LogP contribution in [0, 0.1) is 0 Å². The Kier molecular flexibility index (Phi) is 56.8. The fraction of sp³-hybridized carbons (Fsp3) is 0.712. The predicted molar refractivity (Wildman–Crippen MR) is 311 cm³/mol. The molecule has 0 N–H and O–H groups in total. The Bertz CT molecular complexity index is 1430. The molecule has 72 heavy (non-hydrogen) atoms. The minimum Gasteiger partial charge on any atom is -0.462 e. The van der Waals surface area contributed by atoms with Crippen molar-refractivity contribution in [2.45, 2.75) is 290 Å². The average Bonchev–Trinajstić information content (AvgIpc) is 3.38. The number of esters is 3. The Morgan fingerprint density at radius 2 is 0.569 bits per heavy atom. The highest BCUT2D eigenvalue weighted by Crippen LogP contribution is 2.16. The third-order valence-electron chi connectivity index (χ3n) is 12.8. The Hall–Kier alpha value is -3.67. The van der Waals surface area contributed by atoms with Crippen LogP contribution in [0.3, 0.4) is 0 Å². The molecule has 0 heterocycles. The Morgan fingerprint density at radius 1 is 0.292 bits per heavy atom. The standard InChI is InChI=1S/C66H112O6/c1-4-7-10-13-16-19-22-25-27-29-30-31-32-33-34-35-36-37-39-41-44-47-50-53-56-59-65(68)71-62-63(61-70-64(67)58-55-52-49-46-43-40-24-21-18-15-12-9-6-3)72-66(69)60-57-54-51-48-45-42-38-28-26-23-20-17-14-11-8-5-2/h7,9-10,12,16,18-19,21,25,27,30-31,40,43,49,52,63H,4-6,8,11,13-15,17,20,22-24,26,28-29,32-39,41-42,44-48,50-51,53-62H2,1-3H3/b10-7-,12-9-,19-16-,21-18-,27-25-,31-30-,43-40-,52-49-. The molecule has 0 aromatic rings. The zero-order chi connectivity index (χ0) is 52.2. The summed E-state index contributed by atoms with van der Waals surface area (Å²) in [5.74, 6) is -0.976. The van der Waals surface area contributed by atoms with Crippen molar-refractivity contribution in [3.8, 4) is 0 Å². The van der Waals surface area contributed by atoms with E-state index in [0.29, 0.717) is 19.3 Å². The van der Waals surface area contributed by atoms with Crippen molar-refractivity contribution in [1.29, 1.82) is 0 Å². The first-order valence-corrected chi connectivity index (χ1v) is 30.2. The topological polar surface area (TPSA) is 78.9 Å². The van der Waals surface area contributed by atoms with Crippen LogP contribution in [0.4, 0.5) is 0 Å². The molecule has 6 nitrogen and oxygen atoms in total. The molecule has 0 spiro atoms. The van der Waals surface area contributed by atoms with E-state index in [2.05, 4.69) is 112 Å². The zero-order valence-corrected chi connectivity index (χ0v) is 47.2. The summed E-state index contributed by atoms with van der Waals surface area (Å²) >= 11 is 0. The second-order valence-electron chi connectivity index (χ2n) is 19.9. The van der Waals surface area contributed by atoms with Gasteiger partial charge in [-0.15, -0.1) is 0 Å². The van der Waals surface area contributed by atoms with Crippen LogP contribution in [0.1, 0.15) is 284 Å². The van der Waals surface area contributed by atoms with E-state index in [0.717, 1.165) is 89.9 Å². The van der Waals surface area contributed by atoms with Crippen molar-refractivity contribution in [3.05, 3.63) is 97.2 Å².